The average Bonchev–Trinajstić information content (AvgIpc) is 2.88. The van der Waals surface area contributed by atoms with Crippen LogP contribution in [0.4, 0.5) is 5.00 Å². The third-order valence-corrected chi connectivity index (χ3v) is 4.04. The average molecular weight is 305 g/mol. The number of likely N-dealkylation sites (N-methyl/N-ethyl adjacent to an activating group) is 1. The van der Waals surface area contributed by atoms with Gasteiger partial charge < -0.3 is 15.0 Å². The number of ether oxygens (including phenoxy) is 1. The zero-order valence-corrected chi connectivity index (χ0v) is 13.2. The number of benzene rings is 1. The predicted molar refractivity (Wildman–Crippen MR) is 85.3 cm³/mol. The highest BCUT2D eigenvalue weighted by molar-refractivity contribution is 7.10. The zero-order chi connectivity index (χ0) is 15.2. The minimum Gasteiger partial charge on any atom is -0.492 e. The molecule has 21 heavy (non-hydrogen) atoms. The molecule has 0 unspecified atom stereocenters. The van der Waals surface area contributed by atoms with Gasteiger partial charge in [0.15, 0.2) is 0 Å². The summed E-state index contributed by atoms with van der Waals surface area (Å²) in [6.07, 6.45) is 0. The van der Waals surface area contributed by atoms with Crippen LogP contribution in [-0.2, 0) is 0 Å². The predicted octanol–water partition coefficient (Wildman–Crippen LogP) is 2.64. The first kappa shape index (κ1) is 15.3. The highest BCUT2D eigenvalue weighted by Gasteiger charge is 2.20. The first-order valence-electron chi connectivity index (χ1n) is 6.70. The number of hydrogen-bond donors (Lipinski definition) is 1. The summed E-state index contributed by atoms with van der Waals surface area (Å²) in [6, 6.07) is 9.57. The first-order valence-corrected chi connectivity index (χ1v) is 7.48. The van der Waals surface area contributed by atoms with Gasteiger partial charge in [0, 0.05) is 14.1 Å². The van der Waals surface area contributed by atoms with E-state index in [1.807, 2.05) is 37.3 Å². The van der Waals surface area contributed by atoms with Gasteiger partial charge in [0.25, 0.3) is 5.91 Å². The maximum atomic E-state index is 12.4. The van der Waals surface area contributed by atoms with Crippen LogP contribution in [0.5, 0.6) is 5.75 Å². The highest BCUT2D eigenvalue weighted by Crippen LogP contribution is 2.24. The topological polar surface area (TPSA) is 54.5 Å². The maximum Gasteiger partial charge on any atom is 0.258 e. The molecule has 0 fully saturated rings. The summed E-state index contributed by atoms with van der Waals surface area (Å²) in [5.41, 5.74) is 1.40. The smallest absolute Gasteiger partial charge is 0.258 e. The van der Waals surface area contributed by atoms with Crippen molar-refractivity contribution in [3.8, 4) is 5.75 Å². The summed E-state index contributed by atoms with van der Waals surface area (Å²) in [6.45, 7) is 2.82. The Morgan fingerprint density at radius 1 is 1.38 bits per heavy atom. The van der Waals surface area contributed by atoms with Gasteiger partial charge in [0.1, 0.15) is 17.4 Å². The molecule has 0 spiro atoms. The highest BCUT2D eigenvalue weighted by atomic mass is 32.1. The fourth-order valence-electron chi connectivity index (χ4n) is 1.90. The number of para-hydroxylation sites is 1. The summed E-state index contributed by atoms with van der Waals surface area (Å²) in [5, 5.41) is 3.81. The van der Waals surface area contributed by atoms with Gasteiger partial charge in [0.05, 0.1) is 17.8 Å². The van der Waals surface area contributed by atoms with Crippen LogP contribution in [0.25, 0.3) is 0 Å². The Labute approximate surface area is 128 Å². The summed E-state index contributed by atoms with van der Waals surface area (Å²) in [4.78, 5) is 14.1. The lowest BCUT2D eigenvalue weighted by Gasteiger charge is -2.18. The van der Waals surface area contributed by atoms with Crippen molar-refractivity contribution in [2.75, 3.05) is 32.6 Å². The first-order chi connectivity index (χ1) is 10.1. The summed E-state index contributed by atoms with van der Waals surface area (Å²) >= 11 is 1.30. The van der Waals surface area contributed by atoms with Gasteiger partial charge >= 0.3 is 0 Å². The molecule has 2 aromatic rings. The Kier molecular flexibility index (Phi) is 5.16. The number of carbonyl (C=O) groups is 1. The molecule has 0 aliphatic rings. The van der Waals surface area contributed by atoms with Gasteiger partial charge in [-0.3, -0.25) is 4.79 Å². The van der Waals surface area contributed by atoms with Crippen LogP contribution in [0.1, 0.15) is 16.1 Å². The van der Waals surface area contributed by atoms with E-state index in [1.54, 1.807) is 19.0 Å². The van der Waals surface area contributed by atoms with Crippen LogP contribution in [0.15, 0.2) is 30.3 Å². The molecular weight excluding hydrogens is 286 g/mol. The molecule has 1 N–H and O–H groups in total. The van der Waals surface area contributed by atoms with E-state index < -0.39 is 0 Å². The lowest BCUT2D eigenvalue weighted by atomic mass is 10.2. The molecule has 0 saturated heterocycles. The zero-order valence-electron chi connectivity index (χ0n) is 12.4. The standard InChI is InChI=1S/C15H19N3O2S/c1-11-13(14(16-2)21-17-11)15(19)18(3)9-10-20-12-7-5-4-6-8-12/h4-8,16H,9-10H2,1-3H3. The Hall–Kier alpha value is -2.08. The fourth-order valence-corrected chi connectivity index (χ4v) is 2.64. The van der Waals surface area contributed by atoms with Gasteiger partial charge in [-0.2, -0.15) is 4.37 Å². The SMILES string of the molecule is CNc1snc(C)c1C(=O)N(C)CCOc1ccccc1. The molecule has 0 aliphatic heterocycles. The van der Waals surface area contributed by atoms with E-state index in [1.165, 1.54) is 11.5 Å². The molecule has 0 saturated carbocycles. The van der Waals surface area contributed by atoms with Crippen molar-refractivity contribution in [2.45, 2.75) is 6.92 Å². The van der Waals surface area contributed by atoms with E-state index in [-0.39, 0.29) is 5.91 Å². The summed E-state index contributed by atoms with van der Waals surface area (Å²) in [5.74, 6) is 0.768. The van der Waals surface area contributed by atoms with Crippen molar-refractivity contribution in [3.63, 3.8) is 0 Å². The molecule has 1 aromatic heterocycles. The van der Waals surface area contributed by atoms with E-state index in [9.17, 15) is 4.79 Å². The Bertz CT molecular complexity index is 598. The van der Waals surface area contributed by atoms with Crippen LogP contribution in [-0.4, -0.2) is 42.4 Å². The molecule has 1 heterocycles. The lowest BCUT2D eigenvalue weighted by Crippen LogP contribution is -2.31. The third-order valence-electron chi connectivity index (χ3n) is 3.09. The number of amides is 1. The van der Waals surface area contributed by atoms with E-state index in [2.05, 4.69) is 9.69 Å². The third kappa shape index (κ3) is 3.72. The largest absolute Gasteiger partial charge is 0.492 e. The van der Waals surface area contributed by atoms with Crippen molar-refractivity contribution in [2.24, 2.45) is 0 Å². The molecule has 2 rings (SSSR count). The van der Waals surface area contributed by atoms with Crippen molar-refractivity contribution in [3.05, 3.63) is 41.6 Å². The quantitative estimate of drug-likeness (QED) is 0.891. The molecule has 1 aromatic carbocycles. The van der Waals surface area contributed by atoms with E-state index in [4.69, 9.17) is 4.74 Å². The number of aromatic nitrogens is 1. The van der Waals surface area contributed by atoms with Crippen LogP contribution in [0.2, 0.25) is 0 Å². The number of nitrogens with one attached hydrogen (secondary N) is 1. The minimum atomic E-state index is -0.0396. The van der Waals surface area contributed by atoms with Crippen LogP contribution < -0.4 is 10.1 Å². The number of nitrogens with zero attached hydrogens (tertiary/aromatic N) is 2. The normalized spacial score (nSPS) is 10.2. The van der Waals surface area contributed by atoms with Gasteiger partial charge in [-0.25, -0.2) is 0 Å². The molecule has 0 bridgehead atoms. The van der Waals surface area contributed by atoms with Crippen molar-refractivity contribution in [1.29, 1.82) is 0 Å². The molecule has 6 heteroatoms. The van der Waals surface area contributed by atoms with E-state index >= 15 is 0 Å². The van der Waals surface area contributed by atoms with Crippen molar-refractivity contribution in [1.82, 2.24) is 9.27 Å². The minimum absolute atomic E-state index is 0.0396. The van der Waals surface area contributed by atoms with E-state index in [0.717, 1.165) is 16.4 Å². The molecule has 5 nitrogen and oxygen atoms in total. The second-order valence-corrected chi connectivity index (χ2v) is 5.38. The fraction of sp³-hybridized carbons (Fsp3) is 0.333. The number of aryl methyl sites for hydroxylation is 1. The molecule has 0 atom stereocenters. The van der Waals surface area contributed by atoms with Crippen LogP contribution in [0, 0.1) is 6.92 Å². The Balaban J connectivity index is 1.92. The molecule has 1 amide bonds. The second-order valence-electron chi connectivity index (χ2n) is 4.61. The molecule has 112 valence electrons. The van der Waals surface area contributed by atoms with Crippen molar-refractivity contribution < 1.29 is 9.53 Å². The van der Waals surface area contributed by atoms with Gasteiger partial charge in [-0.05, 0) is 30.6 Å². The van der Waals surface area contributed by atoms with Crippen LogP contribution in [0.3, 0.4) is 0 Å². The molecule has 0 radical (unpaired) electrons. The number of carbonyl (C=O) groups excluding carboxylic acids is 1. The van der Waals surface area contributed by atoms with Gasteiger partial charge in [-0.1, -0.05) is 18.2 Å². The molecular formula is C15H19N3O2S. The maximum absolute atomic E-state index is 12.4. The van der Waals surface area contributed by atoms with Gasteiger partial charge in [0.2, 0.25) is 0 Å². The number of hydrogen-bond acceptors (Lipinski definition) is 5. The second kappa shape index (κ2) is 7.08. The Morgan fingerprint density at radius 3 is 2.76 bits per heavy atom. The van der Waals surface area contributed by atoms with Gasteiger partial charge in [-0.15, -0.1) is 0 Å². The summed E-state index contributed by atoms with van der Waals surface area (Å²) in [7, 11) is 3.56. The number of anilines is 1. The monoisotopic (exact) mass is 305 g/mol. The number of rotatable bonds is 6. The summed E-state index contributed by atoms with van der Waals surface area (Å²) < 4.78 is 9.83. The van der Waals surface area contributed by atoms with E-state index in [0.29, 0.717) is 18.7 Å². The lowest BCUT2D eigenvalue weighted by molar-refractivity contribution is 0.0774. The van der Waals surface area contributed by atoms with Crippen molar-refractivity contribution >= 4 is 22.4 Å². The van der Waals surface area contributed by atoms with Crippen LogP contribution >= 0.6 is 11.5 Å². The Morgan fingerprint density at radius 2 is 2.10 bits per heavy atom. The molecule has 0 aliphatic carbocycles.